The number of rotatable bonds is 1. The Bertz CT molecular complexity index is 286. The van der Waals surface area contributed by atoms with Gasteiger partial charge in [-0.25, -0.2) is 4.79 Å². The van der Waals surface area contributed by atoms with Crippen LogP contribution in [0.2, 0.25) is 0 Å². The summed E-state index contributed by atoms with van der Waals surface area (Å²) in [6, 6.07) is 4.11. The molecule has 0 spiro atoms. The van der Waals surface area contributed by atoms with Gasteiger partial charge >= 0.3 is 6.03 Å². The molecule has 0 atom stereocenters. The quantitative estimate of drug-likeness (QED) is 0.728. The molecule has 0 radical (unpaired) electrons. The average molecular weight is 192 g/mol. The Kier molecular flexibility index (Phi) is 2.87. The molecule has 1 aromatic rings. The second-order valence-corrected chi connectivity index (χ2v) is 3.87. The average Bonchev–Trinajstić information content (AvgIpc) is 2.72. The fraction of sp³-hybridized carbons (Fsp3) is 0.545. The molecule has 3 nitrogen and oxygen atoms in total. The third kappa shape index (κ3) is 2.16. The maximum Gasteiger partial charge on any atom is 0.325 e. The molecule has 0 bridgehead atoms. The van der Waals surface area contributed by atoms with Crippen LogP contribution in [0.4, 0.5) is 4.79 Å². The lowest BCUT2D eigenvalue weighted by molar-refractivity contribution is 0.234. The van der Waals surface area contributed by atoms with E-state index in [1.165, 1.54) is 19.3 Å². The molecule has 3 heteroatoms. The van der Waals surface area contributed by atoms with Crippen molar-refractivity contribution in [1.82, 2.24) is 9.88 Å². The summed E-state index contributed by atoms with van der Waals surface area (Å²) in [5, 5.41) is 3.05. The summed E-state index contributed by atoms with van der Waals surface area (Å²) in [5.74, 6) is 0. The number of nitrogens with one attached hydrogen (secondary N) is 1. The lowest BCUT2D eigenvalue weighted by Gasteiger charge is -2.22. The largest absolute Gasteiger partial charge is 0.335 e. The van der Waals surface area contributed by atoms with Crippen molar-refractivity contribution in [2.75, 3.05) is 0 Å². The lowest BCUT2D eigenvalue weighted by Crippen LogP contribution is -2.38. The maximum atomic E-state index is 11.6. The molecule has 0 aliphatic heterocycles. The first-order valence-electron chi connectivity index (χ1n) is 5.30. The van der Waals surface area contributed by atoms with Gasteiger partial charge in [-0.05, 0) is 25.0 Å². The highest BCUT2D eigenvalue weighted by Crippen LogP contribution is 2.17. The molecule has 1 aromatic heterocycles. The minimum absolute atomic E-state index is 0.00176. The van der Waals surface area contributed by atoms with Gasteiger partial charge in [0.15, 0.2) is 0 Å². The van der Waals surface area contributed by atoms with Crippen LogP contribution >= 0.6 is 0 Å². The van der Waals surface area contributed by atoms with Crippen molar-refractivity contribution in [3.05, 3.63) is 24.5 Å². The molecule has 1 N–H and O–H groups in total. The topological polar surface area (TPSA) is 34.0 Å². The van der Waals surface area contributed by atoms with Gasteiger partial charge in [-0.2, -0.15) is 0 Å². The highest BCUT2D eigenvalue weighted by Gasteiger charge is 2.15. The lowest BCUT2D eigenvalue weighted by atomic mass is 9.96. The van der Waals surface area contributed by atoms with Gasteiger partial charge in [-0.3, -0.25) is 4.57 Å². The van der Waals surface area contributed by atoms with Gasteiger partial charge in [0.05, 0.1) is 0 Å². The third-order valence-corrected chi connectivity index (χ3v) is 2.77. The summed E-state index contributed by atoms with van der Waals surface area (Å²) in [6.45, 7) is 0. The van der Waals surface area contributed by atoms with Crippen LogP contribution < -0.4 is 5.32 Å². The zero-order chi connectivity index (χ0) is 9.80. The summed E-state index contributed by atoms with van der Waals surface area (Å²) in [5.41, 5.74) is 0. The summed E-state index contributed by atoms with van der Waals surface area (Å²) in [4.78, 5) is 11.6. The predicted molar refractivity (Wildman–Crippen MR) is 55.2 cm³/mol. The SMILES string of the molecule is O=C(NC1CCCCC1)n1cccc1. The van der Waals surface area contributed by atoms with Crippen LogP contribution in [0.25, 0.3) is 0 Å². The second-order valence-electron chi connectivity index (χ2n) is 3.87. The summed E-state index contributed by atoms with van der Waals surface area (Å²) >= 11 is 0. The molecular formula is C11H16N2O. The molecule has 0 unspecified atom stereocenters. The van der Waals surface area contributed by atoms with E-state index in [2.05, 4.69) is 5.32 Å². The first-order chi connectivity index (χ1) is 6.86. The van der Waals surface area contributed by atoms with Crippen molar-refractivity contribution in [1.29, 1.82) is 0 Å². The number of hydrogen-bond donors (Lipinski definition) is 1. The first-order valence-corrected chi connectivity index (χ1v) is 5.30. The predicted octanol–water partition coefficient (Wildman–Crippen LogP) is 2.38. The van der Waals surface area contributed by atoms with E-state index in [4.69, 9.17) is 0 Å². The molecule has 0 saturated heterocycles. The van der Waals surface area contributed by atoms with Gasteiger partial charge in [0, 0.05) is 18.4 Å². The Morgan fingerprint density at radius 2 is 1.79 bits per heavy atom. The molecule has 76 valence electrons. The molecule has 0 aromatic carbocycles. The Morgan fingerprint density at radius 3 is 2.43 bits per heavy atom. The van der Waals surface area contributed by atoms with Gasteiger partial charge in [0.1, 0.15) is 0 Å². The highest BCUT2D eigenvalue weighted by molar-refractivity contribution is 5.76. The van der Waals surface area contributed by atoms with Gasteiger partial charge < -0.3 is 5.32 Å². The number of amides is 1. The molecule has 1 heterocycles. The zero-order valence-corrected chi connectivity index (χ0v) is 8.28. The third-order valence-electron chi connectivity index (χ3n) is 2.77. The van der Waals surface area contributed by atoms with E-state index >= 15 is 0 Å². The summed E-state index contributed by atoms with van der Waals surface area (Å²) in [6.07, 6.45) is 9.62. The van der Waals surface area contributed by atoms with Crippen LogP contribution in [-0.2, 0) is 0 Å². The zero-order valence-electron chi connectivity index (χ0n) is 8.28. The number of hydrogen-bond acceptors (Lipinski definition) is 1. The fourth-order valence-corrected chi connectivity index (χ4v) is 1.97. The van der Waals surface area contributed by atoms with E-state index in [1.807, 2.05) is 12.1 Å². The van der Waals surface area contributed by atoms with E-state index in [9.17, 15) is 4.79 Å². The van der Waals surface area contributed by atoms with Gasteiger partial charge in [-0.1, -0.05) is 19.3 Å². The summed E-state index contributed by atoms with van der Waals surface area (Å²) < 4.78 is 1.59. The Labute approximate surface area is 84.1 Å². The van der Waals surface area contributed by atoms with Crippen LogP contribution in [0.5, 0.6) is 0 Å². The van der Waals surface area contributed by atoms with E-state index in [0.717, 1.165) is 12.8 Å². The summed E-state index contributed by atoms with van der Waals surface area (Å²) in [7, 11) is 0. The first kappa shape index (κ1) is 9.31. The number of carbonyl (C=O) groups excluding carboxylic acids is 1. The molecule has 1 aliphatic rings. The van der Waals surface area contributed by atoms with Gasteiger partial charge in [-0.15, -0.1) is 0 Å². The van der Waals surface area contributed by atoms with Crippen molar-refractivity contribution < 1.29 is 4.79 Å². The number of aromatic nitrogens is 1. The Hall–Kier alpha value is -1.25. The van der Waals surface area contributed by atoms with E-state index < -0.39 is 0 Å². The Balaban J connectivity index is 1.87. The van der Waals surface area contributed by atoms with Crippen LogP contribution in [0, 0.1) is 0 Å². The van der Waals surface area contributed by atoms with Crippen molar-refractivity contribution in [3.8, 4) is 0 Å². The fourth-order valence-electron chi connectivity index (χ4n) is 1.97. The highest BCUT2D eigenvalue weighted by atomic mass is 16.2. The number of nitrogens with zero attached hydrogens (tertiary/aromatic N) is 1. The smallest absolute Gasteiger partial charge is 0.325 e. The van der Waals surface area contributed by atoms with E-state index in [-0.39, 0.29) is 6.03 Å². The molecule has 2 rings (SSSR count). The van der Waals surface area contributed by atoms with Crippen molar-refractivity contribution in [2.45, 2.75) is 38.1 Å². The van der Waals surface area contributed by atoms with E-state index in [0.29, 0.717) is 6.04 Å². The second kappa shape index (κ2) is 4.31. The van der Waals surface area contributed by atoms with Crippen LogP contribution in [-0.4, -0.2) is 16.6 Å². The van der Waals surface area contributed by atoms with Crippen LogP contribution in [0.3, 0.4) is 0 Å². The molecular weight excluding hydrogens is 176 g/mol. The van der Waals surface area contributed by atoms with Crippen LogP contribution in [0.1, 0.15) is 32.1 Å². The molecule has 1 amide bonds. The molecule has 1 fully saturated rings. The normalized spacial score (nSPS) is 18.0. The van der Waals surface area contributed by atoms with Crippen molar-refractivity contribution in [2.24, 2.45) is 0 Å². The van der Waals surface area contributed by atoms with Crippen molar-refractivity contribution >= 4 is 6.03 Å². The minimum atomic E-state index is 0.00176. The standard InChI is InChI=1S/C11H16N2O/c14-11(13-8-4-5-9-13)12-10-6-2-1-3-7-10/h4-5,8-10H,1-3,6-7H2,(H,12,14). The minimum Gasteiger partial charge on any atom is -0.335 e. The Morgan fingerprint density at radius 1 is 1.14 bits per heavy atom. The monoisotopic (exact) mass is 192 g/mol. The molecule has 14 heavy (non-hydrogen) atoms. The van der Waals surface area contributed by atoms with E-state index in [1.54, 1.807) is 17.0 Å². The maximum absolute atomic E-state index is 11.6. The molecule has 1 aliphatic carbocycles. The van der Waals surface area contributed by atoms with Gasteiger partial charge in [0.2, 0.25) is 0 Å². The number of carbonyl (C=O) groups is 1. The van der Waals surface area contributed by atoms with Crippen LogP contribution in [0.15, 0.2) is 24.5 Å². The van der Waals surface area contributed by atoms with Crippen molar-refractivity contribution in [3.63, 3.8) is 0 Å². The van der Waals surface area contributed by atoms with Gasteiger partial charge in [0.25, 0.3) is 0 Å². The molecule has 1 saturated carbocycles.